The summed E-state index contributed by atoms with van der Waals surface area (Å²) in [6.07, 6.45) is 2.93. The summed E-state index contributed by atoms with van der Waals surface area (Å²) in [5.74, 6) is -0.238. The minimum atomic E-state index is -0.357. The molecule has 0 radical (unpaired) electrons. The number of imide groups is 1. The molecule has 3 amide bonds. The summed E-state index contributed by atoms with van der Waals surface area (Å²) in [7, 11) is 1.84. The molecule has 3 aromatic rings. The maximum atomic E-state index is 12.6. The zero-order valence-electron chi connectivity index (χ0n) is 18.3. The van der Waals surface area contributed by atoms with E-state index in [1.54, 1.807) is 11.0 Å². The van der Waals surface area contributed by atoms with Gasteiger partial charge >= 0.3 is 0 Å². The standard InChI is InChI=1S/C27H24N2O3S/c1-29(25(30)15-12-19-6-3-2-4-7-19)18-21-8-5-9-23(16-21)22-13-10-20(11-14-22)17-24-26(31)28-27(32)33-24/h2-11,13-14,16-17H,12,15,18H2,1H3,(H,28,31,32)/b24-17+. The van der Waals surface area contributed by atoms with Gasteiger partial charge in [0.05, 0.1) is 4.91 Å². The minimum absolute atomic E-state index is 0.119. The van der Waals surface area contributed by atoms with Crippen molar-refractivity contribution in [2.75, 3.05) is 7.05 Å². The number of carbonyl (C=O) groups is 3. The third-order valence-electron chi connectivity index (χ3n) is 5.43. The van der Waals surface area contributed by atoms with Crippen LogP contribution in [0, 0.1) is 0 Å². The zero-order valence-corrected chi connectivity index (χ0v) is 19.1. The Kier molecular flexibility index (Phi) is 7.05. The summed E-state index contributed by atoms with van der Waals surface area (Å²) in [6.45, 7) is 0.548. The Bertz CT molecular complexity index is 1200. The molecule has 1 N–H and O–H groups in total. The van der Waals surface area contributed by atoms with Crippen molar-refractivity contribution in [2.24, 2.45) is 0 Å². The first-order valence-electron chi connectivity index (χ1n) is 10.7. The Balaban J connectivity index is 1.39. The molecule has 1 aliphatic heterocycles. The second-order valence-electron chi connectivity index (χ2n) is 7.91. The van der Waals surface area contributed by atoms with Crippen LogP contribution in [-0.2, 0) is 22.6 Å². The molecular formula is C27H24N2O3S. The highest BCUT2D eigenvalue weighted by atomic mass is 32.2. The summed E-state index contributed by atoms with van der Waals surface area (Å²) < 4.78 is 0. The Labute approximate surface area is 197 Å². The van der Waals surface area contributed by atoms with Crippen molar-refractivity contribution < 1.29 is 14.4 Å². The number of nitrogens with zero attached hydrogens (tertiary/aromatic N) is 1. The fraction of sp³-hybridized carbons (Fsp3) is 0.148. The molecule has 166 valence electrons. The van der Waals surface area contributed by atoms with E-state index in [1.807, 2.05) is 79.8 Å². The summed E-state index contributed by atoms with van der Waals surface area (Å²) in [4.78, 5) is 37.8. The fourth-order valence-corrected chi connectivity index (χ4v) is 4.32. The van der Waals surface area contributed by atoms with Gasteiger partial charge in [0.2, 0.25) is 5.91 Å². The van der Waals surface area contributed by atoms with E-state index < -0.39 is 0 Å². The smallest absolute Gasteiger partial charge is 0.290 e. The van der Waals surface area contributed by atoms with Crippen LogP contribution in [0.1, 0.15) is 23.1 Å². The third-order valence-corrected chi connectivity index (χ3v) is 6.24. The van der Waals surface area contributed by atoms with E-state index in [1.165, 1.54) is 5.56 Å². The lowest BCUT2D eigenvalue weighted by Gasteiger charge is -2.18. The van der Waals surface area contributed by atoms with Crippen LogP contribution in [0.3, 0.4) is 0 Å². The first kappa shape index (κ1) is 22.6. The monoisotopic (exact) mass is 456 g/mol. The van der Waals surface area contributed by atoms with Gasteiger partial charge in [-0.05, 0) is 58.1 Å². The Morgan fingerprint density at radius 2 is 1.64 bits per heavy atom. The molecule has 1 aliphatic rings. The first-order valence-corrected chi connectivity index (χ1v) is 11.5. The van der Waals surface area contributed by atoms with E-state index in [9.17, 15) is 14.4 Å². The van der Waals surface area contributed by atoms with Gasteiger partial charge in [-0.15, -0.1) is 0 Å². The predicted octanol–water partition coefficient (Wildman–Crippen LogP) is 5.27. The molecule has 1 fully saturated rings. The molecule has 0 aliphatic carbocycles. The molecule has 3 aromatic carbocycles. The molecule has 0 unspecified atom stereocenters. The van der Waals surface area contributed by atoms with E-state index in [0.29, 0.717) is 17.9 Å². The van der Waals surface area contributed by atoms with Gasteiger partial charge < -0.3 is 4.90 Å². The van der Waals surface area contributed by atoms with E-state index >= 15 is 0 Å². The molecule has 1 saturated heterocycles. The molecule has 5 nitrogen and oxygen atoms in total. The molecular weight excluding hydrogens is 432 g/mol. The predicted molar refractivity (Wildman–Crippen MR) is 132 cm³/mol. The number of amides is 3. The van der Waals surface area contributed by atoms with Crippen molar-refractivity contribution in [1.29, 1.82) is 0 Å². The Morgan fingerprint density at radius 3 is 2.33 bits per heavy atom. The second kappa shape index (κ2) is 10.3. The topological polar surface area (TPSA) is 66.5 Å². The van der Waals surface area contributed by atoms with Crippen molar-refractivity contribution in [2.45, 2.75) is 19.4 Å². The number of hydrogen-bond acceptors (Lipinski definition) is 4. The average molecular weight is 457 g/mol. The highest BCUT2D eigenvalue weighted by Gasteiger charge is 2.24. The molecule has 4 rings (SSSR count). The van der Waals surface area contributed by atoms with Crippen LogP contribution in [-0.4, -0.2) is 29.0 Å². The maximum Gasteiger partial charge on any atom is 0.290 e. The average Bonchev–Trinajstić information content (AvgIpc) is 3.15. The SMILES string of the molecule is CN(Cc1cccc(-c2ccc(/C=C3/SC(=O)NC3=O)cc2)c1)C(=O)CCc1ccccc1. The maximum absolute atomic E-state index is 12.6. The van der Waals surface area contributed by atoms with Gasteiger partial charge in [0.25, 0.3) is 11.1 Å². The van der Waals surface area contributed by atoms with Crippen LogP contribution in [0.15, 0.2) is 83.8 Å². The number of thioether (sulfide) groups is 1. The van der Waals surface area contributed by atoms with Crippen molar-refractivity contribution >= 4 is 34.9 Å². The highest BCUT2D eigenvalue weighted by molar-refractivity contribution is 8.18. The van der Waals surface area contributed by atoms with Gasteiger partial charge in [0, 0.05) is 20.0 Å². The van der Waals surface area contributed by atoms with Crippen LogP contribution in [0.25, 0.3) is 17.2 Å². The van der Waals surface area contributed by atoms with Crippen molar-refractivity contribution in [3.05, 3.63) is 100 Å². The first-order chi connectivity index (χ1) is 16.0. The summed E-state index contributed by atoms with van der Waals surface area (Å²) in [5, 5.41) is 1.91. The minimum Gasteiger partial charge on any atom is -0.341 e. The summed E-state index contributed by atoms with van der Waals surface area (Å²) in [5.41, 5.74) is 5.17. The molecule has 0 spiro atoms. The zero-order chi connectivity index (χ0) is 23.2. The summed E-state index contributed by atoms with van der Waals surface area (Å²) in [6, 6.07) is 26.0. The highest BCUT2D eigenvalue weighted by Crippen LogP contribution is 2.27. The summed E-state index contributed by atoms with van der Waals surface area (Å²) >= 11 is 0.910. The van der Waals surface area contributed by atoms with E-state index in [-0.39, 0.29) is 17.1 Å². The molecule has 0 atom stereocenters. The lowest BCUT2D eigenvalue weighted by Crippen LogP contribution is -2.26. The Hall–Kier alpha value is -3.64. The van der Waals surface area contributed by atoms with Gasteiger partial charge in [-0.3, -0.25) is 19.7 Å². The van der Waals surface area contributed by atoms with Crippen LogP contribution >= 0.6 is 11.8 Å². The van der Waals surface area contributed by atoms with Gasteiger partial charge in [-0.25, -0.2) is 0 Å². The molecule has 1 heterocycles. The van der Waals surface area contributed by atoms with Gasteiger partial charge in [0.1, 0.15) is 0 Å². The molecule has 0 saturated carbocycles. The third kappa shape index (κ3) is 5.99. The van der Waals surface area contributed by atoms with Crippen molar-refractivity contribution in [3.8, 4) is 11.1 Å². The van der Waals surface area contributed by atoms with Crippen LogP contribution in [0.5, 0.6) is 0 Å². The van der Waals surface area contributed by atoms with Gasteiger partial charge in [-0.2, -0.15) is 0 Å². The normalized spacial score (nSPS) is 14.4. The van der Waals surface area contributed by atoms with Crippen LogP contribution < -0.4 is 5.32 Å². The van der Waals surface area contributed by atoms with Crippen molar-refractivity contribution in [3.63, 3.8) is 0 Å². The van der Waals surface area contributed by atoms with Gasteiger partial charge in [0.15, 0.2) is 0 Å². The van der Waals surface area contributed by atoms with Crippen LogP contribution in [0.2, 0.25) is 0 Å². The molecule has 6 heteroatoms. The molecule has 0 bridgehead atoms. The number of aryl methyl sites for hydroxylation is 1. The quantitative estimate of drug-likeness (QED) is 0.492. The Morgan fingerprint density at radius 1 is 0.909 bits per heavy atom. The number of hydrogen-bond donors (Lipinski definition) is 1. The van der Waals surface area contributed by atoms with E-state index in [0.717, 1.165) is 40.4 Å². The molecule has 0 aromatic heterocycles. The lowest BCUT2D eigenvalue weighted by atomic mass is 10.0. The lowest BCUT2D eigenvalue weighted by molar-refractivity contribution is -0.130. The second-order valence-corrected chi connectivity index (χ2v) is 8.92. The number of rotatable bonds is 7. The molecule has 33 heavy (non-hydrogen) atoms. The van der Waals surface area contributed by atoms with E-state index in [2.05, 4.69) is 11.4 Å². The van der Waals surface area contributed by atoms with Crippen LogP contribution in [0.4, 0.5) is 4.79 Å². The number of benzene rings is 3. The van der Waals surface area contributed by atoms with Crippen molar-refractivity contribution in [1.82, 2.24) is 10.2 Å². The fourth-order valence-electron chi connectivity index (χ4n) is 3.64. The number of nitrogens with one attached hydrogen (secondary N) is 1. The van der Waals surface area contributed by atoms with E-state index in [4.69, 9.17) is 0 Å². The largest absolute Gasteiger partial charge is 0.341 e. The number of carbonyl (C=O) groups excluding carboxylic acids is 3. The van der Waals surface area contributed by atoms with Gasteiger partial charge in [-0.1, -0.05) is 72.8 Å².